The molecule has 10 heavy (non-hydrogen) atoms. The molecule has 0 spiro atoms. The molecular weight excluding hydrogens is 126 g/mol. The summed E-state index contributed by atoms with van der Waals surface area (Å²) >= 11 is 0. The van der Waals surface area contributed by atoms with Crippen molar-refractivity contribution in [2.24, 2.45) is 0 Å². The first kappa shape index (κ1) is 6.56. The van der Waals surface area contributed by atoms with E-state index in [-0.39, 0.29) is 0 Å². The van der Waals surface area contributed by atoms with E-state index < -0.39 is 0 Å². The SMILES string of the molecule is C=CCn1ccnc1C#N. The van der Waals surface area contributed by atoms with Crippen molar-refractivity contribution in [1.29, 1.82) is 5.26 Å². The van der Waals surface area contributed by atoms with Crippen LogP contribution in [0.5, 0.6) is 0 Å². The van der Waals surface area contributed by atoms with Gasteiger partial charge in [0, 0.05) is 18.9 Å². The zero-order chi connectivity index (χ0) is 7.40. The molecule has 0 N–H and O–H groups in total. The molecule has 1 rings (SSSR count). The highest BCUT2D eigenvalue weighted by atomic mass is 15.0. The molecule has 1 aromatic heterocycles. The van der Waals surface area contributed by atoms with Gasteiger partial charge in [0.05, 0.1) is 0 Å². The summed E-state index contributed by atoms with van der Waals surface area (Å²) in [5.74, 6) is 0.430. The van der Waals surface area contributed by atoms with E-state index in [0.717, 1.165) is 0 Å². The van der Waals surface area contributed by atoms with Gasteiger partial charge in [-0.1, -0.05) is 6.08 Å². The van der Waals surface area contributed by atoms with Crippen molar-refractivity contribution in [2.45, 2.75) is 6.54 Å². The molecule has 0 aliphatic carbocycles. The Kier molecular flexibility index (Phi) is 1.86. The zero-order valence-corrected chi connectivity index (χ0v) is 5.49. The Morgan fingerprint density at radius 3 is 3.30 bits per heavy atom. The van der Waals surface area contributed by atoms with Crippen molar-refractivity contribution < 1.29 is 0 Å². The Labute approximate surface area is 59.2 Å². The summed E-state index contributed by atoms with van der Waals surface area (Å²) in [6.45, 7) is 4.19. The lowest BCUT2D eigenvalue weighted by atomic mass is 10.5. The lowest BCUT2D eigenvalue weighted by Gasteiger charge is -1.94. The van der Waals surface area contributed by atoms with E-state index in [1.807, 2.05) is 6.07 Å². The summed E-state index contributed by atoms with van der Waals surface area (Å²) in [7, 11) is 0. The minimum absolute atomic E-state index is 0.430. The van der Waals surface area contributed by atoms with Gasteiger partial charge in [-0.2, -0.15) is 5.26 Å². The third-order valence-corrected chi connectivity index (χ3v) is 1.14. The molecule has 0 unspecified atom stereocenters. The summed E-state index contributed by atoms with van der Waals surface area (Å²) in [5.41, 5.74) is 0. The van der Waals surface area contributed by atoms with Gasteiger partial charge in [0.15, 0.2) is 0 Å². The number of allylic oxidation sites excluding steroid dienone is 1. The second-order valence-corrected chi connectivity index (χ2v) is 1.80. The van der Waals surface area contributed by atoms with Crippen LogP contribution in [0.25, 0.3) is 0 Å². The van der Waals surface area contributed by atoms with Crippen molar-refractivity contribution in [1.82, 2.24) is 9.55 Å². The van der Waals surface area contributed by atoms with Gasteiger partial charge in [0.25, 0.3) is 0 Å². The summed E-state index contributed by atoms with van der Waals surface area (Å²) in [6, 6.07) is 1.96. The molecule has 0 aliphatic heterocycles. The minimum atomic E-state index is 0.430. The quantitative estimate of drug-likeness (QED) is 0.563. The predicted octanol–water partition coefficient (Wildman–Crippen LogP) is 0.941. The molecule has 1 heterocycles. The number of aromatic nitrogens is 2. The van der Waals surface area contributed by atoms with Crippen molar-refractivity contribution >= 4 is 0 Å². The van der Waals surface area contributed by atoms with E-state index >= 15 is 0 Å². The Bertz CT molecular complexity index is 267. The smallest absolute Gasteiger partial charge is 0.212 e. The van der Waals surface area contributed by atoms with E-state index in [1.165, 1.54) is 0 Å². The first-order chi connectivity index (χ1) is 4.88. The number of hydrogen-bond acceptors (Lipinski definition) is 2. The van der Waals surface area contributed by atoms with Crippen LogP contribution in [0.3, 0.4) is 0 Å². The standard InChI is InChI=1S/C7H7N3/c1-2-4-10-5-3-9-7(10)6-8/h2-3,5H,1,4H2. The van der Waals surface area contributed by atoms with Crippen molar-refractivity contribution in [3.63, 3.8) is 0 Å². The molecule has 1 aromatic rings. The summed E-state index contributed by atoms with van der Waals surface area (Å²) < 4.78 is 1.73. The van der Waals surface area contributed by atoms with Crippen LogP contribution in [-0.4, -0.2) is 9.55 Å². The molecule has 0 aromatic carbocycles. The maximum Gasteiger partial charge on any atom is 0.212 e. The van der Waals surface area contributed by atoms with Gasteiger partial charge in [-0.25, -0.2) is 4.98 Å². The molecule has 0 radical (unpaired) electrons. The van der Waals surface area contributed by atoms with Crippen LogP contribution >= 0.6 is 0 Å². The predicted molar refractivity (Wildman–Crippen MR) is 37.1 cm³/mol. The highest BCUT2D eigenvalue weighted by molar-refractivity contribution is 5.11. The zero-order valence-electron chi connectivity index (χ0n) is 5.49. The average molecular weight is 133 g/mol. The number of rotatable bonds is 2. The Hall–Kier alpha value is -1.56. The summed E-state index contributed by atoms with van der Waals surface area (Å²) in [4.78, 5) is 3.81. The van der Waals surface area contributed by atoms with Gasteiger partial charge in [0.1, 0.15) is 6.07 Å². The Morgan fingerprint density at radius 2 is 2.70 bits per heavy atom. The van der Waals surface area contributed by atoms with Gasteiger partial charge in [0.2, 0.25) is 5.82 Å². The third-order valence-electron chi connectivity index (χ3n) is 1.14. The molecule has 3 heteroatoms. The maximum absolute atomic E-state index is 8.47. The van der Waals surface area contributed by atoms with E-state index in [9.17, 15) is 0 Å². The van der Waals surface area contributed by atoms with Gasteiger partial charge >= 0.3 is 0 Å². The van der Waals surface area contributed by atoms with Gasteiger partial charge in [-0.3, -0.25) is 0 Å². The van der Waals surface area contributed by atoms with Crippen LogP contribution in [0.15, 0.2) is 25.0 Å². The maximum atomic E-state index is 8.47. The van der Waals surface area contributed by atoms with Crippen LogP contribution in [0.2, 0.25) is 0 Å². The second-order valence-electron chi connectivity index (χ2n) is 1.80. The molecule has 0 bridgehead atoms. The highest BCUT2D eigenvalue weighted by Crippen LogP contribution is 1.94. The first-order valence-electron chi connectivity index (χ1n) is 2.90. The average Bonchev–Trinajstić information content (AvgIpc) is 2.36. The molecule has 0 atom stereocenters. The third kappa shape index (κ3) is 1.06. The van der Waals surface area contributed by atoms with Crippen molar-refractivity contribution in [2.75, 3.05) is 0 Å². The van der Waals surface area contributed by atoms with E-state index in [1.54, 1.807) is 23.0 Å². The molecule has 3 nitrogen and oxygen atoms in total. The van der Waals surface area contributed by atoms with E-state index in [0.29, 0.717) is 12.4 Å². The summed E-state index contributed by atoms with van der Waals surface area (Å²) in [5, 5.41) is 8.47. The molecule has 0 fully saturated rings. The first-order valence-corrected chi connectivity index (χ1v) is 2.90. The molecule has 0 aliphatic rings. The number of nitriles is 1. The second kappa shape index (κ2) is 2.83. The molecule has 50 valence electrons. The minimum Gasteiger partial charge on any atom is -0.319 e. The Balaban J connectivity index is 2.92. The molecule has 0 amide bonds. The fourth-order valence-electron chi connectivity index (χ4n) is 0.709. The van der Waals surface area contributed by atoms with E-state index in [2.05, 4.69) is 11.6 Å². The van der Waals surface area contributed by atoms with Crippen molar-refractivity contribution in [3.05, 3.63) is 30.9 Å². The fraction of sp³-hybridized carbons (Fsp3) is 0.143. The van der Waals surface area contributed by atoms with Crippen LogP contribution in [0.1, 0.15) is 5.82 Å². The van der Waals surface area contributed by atoms with Crippen LogP contribution in [0.4, 0.5) is 0 Å². The van der Waals surface area contributed by atoms with Gasteiger partial charge < -0.3 is 4.57 Å². The number of imidazole rings is 1. The molecule has 0 saturated heterocycles. The molecule has 0 saturated carbocycles. The van der Waals surface area contributed by atoms with Crippen LogP contribution < -0.4 is 0 Å². The Morgan fingerprint density at radius 1 is 1.90 bits per heavy atom. The number of hydrogen-bond donors (Lipinski definition) is 0. The van der Waals surface area contributed by atoms with Gasteiger partial charge in [-0.05, 0) is 0 Å². The lowest BCUT2D eigenvalue weighted by Crippen LogP contribution is -1.96. The summed E-state index contributed by atoms with van der Waals surface area (Å²) in [6.07, 6.45) is 5.07. The van der Waals surface area contributed by atoms with Crippen molar-refractivity contribution in [3.8, 4) is 6.07 Å². The van der Waals surface area contributed by atoms with E-state index in [4.69, 9.17) is 5.26 Å². The van der Waals surface area contributed by atoms with Crippen LogP contribution in [0, 0.1) is 11.3 Å². The largest absolute Gasteiger partial charge is 0.319 e. The topological polar surface area (TPSA) is 41.6 Å². The lowest BCUT2D eigenvalue weighted by molar-refractivity contribution is 0.805. The normalized spacial score (nSPS) is 8.70. The molecular formula is C7H7N3. The monoisotopic (exact) mass is 133 g/mol. The van der Waals surface area contributed by atoms with Gasteiger partial charge in [-0.15, -0.1) is 6.58 Å². The highest BCUT2D eigenvalue weighted by Gasteiger charge is 1.95. The fourth-order valence-corrected chi connectivity index (χ4v) is 0.709. The number of nitrogens with zero attached hydrogens (tertiary/aromatic N) is 3. The van der Waals surface area contributed by atoms with Crippen LogP contribution in [-0.2, 0) is 6.54 Å².